The number of hydrogen-bond donors (Lipinski definition) is 4. The van der Waals surface area contributed by atoms with E-state index in [1.54, 1.807) is 17.1 Å². The highest BCUT2D eigenvalue weighted by Crippen LogP contribution is 1.92. The van der Waals surface area contributed by atoms with Crippen LogP contribution in [0.15, 0.2) is 12.5 Å². The molecular weight excluding hydrogens is 226 g/mol. The lowest BCUT2D eigenvalue weighted by Crippen LogP contribution is -2.45. The van der Waals surface area contributed by atoms with Gasteiger partial charge in [0, 0.05) is 19.8 Å². The Morgan fingerprint density at radius 3 is 2.82 bits per heavy atom. The molecule has 1 atom stereocenters. The summed E-state index contributed by atoms with van der Waals surface area (Å²) in [5.74, 6) is -1.16. The van der Waals surface area contributed by atoms with Gasteiger partial charge in [-0.25, -0.2) is 9.78 Å². The minimum atomic E-state index is -1.16. The molecule has 1 unspecified atom stereocenters. The molecule has 2 amide bonds. The van der Waals surface area contributed by atoms with E-state index in [1.165, 1.54) is 0 Å². The maximum atomic E-state index is 11.2. The number of urea groups is 1. The number of imidazole rings is 1. The van der Waals surface area contributed by atoms with Crippen molar-refractivity contribution in [1.82, 2.24) is 20.2 Å². The highest BCUT2D eigenvalue weighted by molar-refractivity contribution is 5.77. The van der Waals surface area contributed by atoms with Gasteiger partial charge in [0.25, 0.3) is 0 Å². The van der Waals surface area contributed by atoms with Crippen LogP contribution in [-0.2, 0) is 18.4 Å². The van der Waals surface area contributed by atoms with Gasteiger partial charge in [-0.15, -0.1) is 0 Å². The standard InChI is InChI=1S/C9H15N5O3/c1-14-4-6(13-5-14)2-11-9(17)12-3-7(10)8(15)16/h4-5,7H,2-3,10H2,1H3,(H,15,16)(H2,11,12,17). The van der Waals surface area contributed by atoms with Crippen LogP contribution in [0.3, 0.4) is 0 Å². The number of amides is 2. The maximum absolute atomic E-state index is 11.2. The lowest BCUT2D eigenvalue weighted by Gasteiger charge is -2.08. The SMILES string of the molecule is Cn1cnc(CNC(=O)NCC(N)C(=O)O)c1. The number of aromatic nitrogens is 2. The zero-order chi connectivity index (χ0) is 12.8. The highest BCUT2D eigenvalue weighted by Gasteiger charge is 2.12. The maximum Gasteiger partial charge on any atom is 0.322 e. The van der Waals surface area contributed by atoms with E-state index in [9.17, 15) is 9.59 Å². The van der Waals surface area contributed by atoms with Crippen LogP contribution < -0.4 is 16.4 Å². The second-order valence-electron chi connectivity index (χ2n) is 3.54. The van der Waals surface area contributed by atoms with Crippen LogP contribution in [-0.4, -0.2) is 39.2 Å². The molecule has 0 saturated heterocycles. The van der Waals surface area contributed by atoms with Gasteiger partial charge in [0.15, 0.2) is 0 Å². The monoisotopic (exact) mass is 241 g/mol. The first-order valence-corrected chi connectivity index (χ1v) is 4.96. The molecule has 1 aromatic rings. The fourth-order valence-electron chi connectivity index (χ4n) is 1.08. The first-order chi connectivity index (χ1) is 7.99. The van der Waals surface area contributed by atoms with E-state index in [1.807, 2.05) is 7.05 Å². The van der Waals surface area contributed by atoms with Crippen molar-refractivity contribution in [3.05, 3.63) is 18.2 Å². The van der Waals surface area contributed by atoms with Crippen LogP contribution in [0, 0.1) is 0 Å². The predicted molar refractivity (Wildman–Crippen MR) is 59.1 cm³/mol. The van der Waals surface area contributed by atoms with E-state index in [2.05, 4.69) is 15.6 Å². The van der Waals surface area contributed by atoms with Gasteiger partial charge in [-0.1, -0.05) is 0 Å². The van der Waals surface area contributed by atoms with Crippen LogP contribution in [0.1, 0.15) is 5.69 Å². The summed E-state index contributed by atoms with van der Waals surface area (Å²) in [5.41, 5.74) is 5.93. The Labute approximate surface area is 97.8 Å². The van der Waals surface area contributed by atoms with Crippen molar-refractivity contribution in [3.63, 3.8) is 0 Å². The number of carboxylic acids is 1. The van der Waals surface area contributed by atoms with Crippen molar-refractivity contribution in [3.8, 4) is 0 Å². The Hall–Kier alpha value is -2.09. The molecule has 8 heteroatoms. The van der Waals surface area contributed by atoms with Gasteiger partial charge >= 0.3 is 12.0 Å². The Morgan fingerprint density at radius 2 is 2.29 bits per heavy atom. The van der Waals surface area contributed by atoms with Crippen LogP contribution in [0.5, 0.6) is 0 Å². The molecule has 0 spiro atoms. The minimum Gasteiger partial charge on any atom is -0.480 e. The summed E-state index contributed by atoms with van der Waals surface area (Å²) >= 11 is 0. The highest BCUT2D eigenvalue weighted by atomic mass is 16.4. The van der Waals surface area contributed by atoms with Gasteiger partial charge in [0.05, 0.1) is 18.6 Å². The van der Waals surface area contributed by atoms with Crippen molar-refractivity contribution in [2.24, 2.45) is 12.8 Å². The zero-order valence-corrected chi connectivity index (χ0v) is 9.38. The molecule has 0 aromatic carbocycles. The van der Waals surface area contributed by atoms with Gasteiger partial charge in [-0.3, -0.25) is 4.79 Å². The van der Waals surface area contributed by atoms with Crippen LogP contribution in [0.2, 0.25) is 0 Å². The summed E-state index contributed by atoms with van der Waals surface area (Å²) in [6.07, 6.45) is 3.39. The first-order valence-electron chi connectivity index (χ1n) is 4.96. The smallest absolute Gasteiger partial charge is 0.322 e. The molecule has 1 rings (SSSR count). The zero-order valence-electron chi connectivity index (χ0n) is 9.38. The first kappa shape index (κ1) is 13.0. The number of aryl methyl sites for hydroxylation is 1. The summed E-state index contributed by atoms with van der Waals surface area (Å²) in [4.78, 5) is 25.6. The number of rotatable bonds is 5. The summed E-state index contributed by atoms with van der Waals surface area (Å²) < 4.78 is 1.76. The Morgan fingerprint density at radius 1 is 1.59 bits per heavy atom. The van der Waals surface area contributed by atoms with E-state index in [0.29, 0.717) is 5.69 Å². The molecule has 0 aliphatic carbocycles. The van der Waals surface area contributed by atoms with Crippen molar-refractivity contribution >= 4 is 12.0 Å². The average molecular weight is 241 g/mol. The number of hydrogen-bond acceptors (Lipinski definition) is 4. The summed E-state index contributed by atoms with van der Waals surface area (Å²) in [5, 5.41) is 13.4. The molecule has 0 radical (unpaired) electrons. The molecule has 1 aromatic heterocycles. The van der Waals surface area contributed by atoms with Crippen molar-refractivity contribution < 1.29 is 14.7 Å². The fraction of sp³-hybridized carbons (Fsp3) is 0.444. The van der Waals surface area contributed by atoms with Gasteiger partial charge in [0.2, 0.25) is 0 Å². The van der Waals surface area contributed by atoms with Gasteiger partial charge in [-0.2, -0.15) is 0 Å². The fourth-order valence-corrected chi connectivity index (χ4v) is 1.08. The number of aliphatic carboxylic acids is 1. The van der Waals surface area contributed by atoms with Crippen LogP contribution in [0.25, 0.3) is 0 Å². The molecule has 1 heterocycles. The molecule has 5 N–H and O–H groups in total. The molecule has 0 bridgehead atoms. The lowest BCUT2D eigenvalue weighted by atomic mass is 10.3. The third-order valence-corrected chi connectivity index (χ3v) is 1.99. The van der Waals surface area contributed by atoms with E-state index >= 15 is 0 Å². The molecule has 0 aliphatic heterocycles. The minimum absolute atomic E-state index is 0.122. The lowest BCUT2D eigenvalue weighted by molar-refractivity contribution is -0.138. The van der Waals surface area contributed by atoms with E-state index < -0.39 is 18.0 Å². The third-order valence-electron chi connectivity index (χ3n) is 1.99. The molecule has 0 aliphatic rings. The summed E-state index contributed by atoms with van der Waals surface area (Å²) in [6, 6.07) is -1.58. The largest absolute Gasteiger partial charge is 0.480 e. The quantitative estimate of drug-likeness (QED) is 0.506. The van der Waals surface area contributed by atoms with Gasteiger partial charge in [0.1, 0.15) is 6.04 Å². The normalized spacial score (nSPS) is 11.9. The average Bonchev–Trinajstić information content (AvgIpc) is 2.69. The Bertz CT molecular complexity index is 403. The third kappa shape index (κ3) is 4.51. The van der Waals surface area contributed by atoms with Crippen LogP contribution in [0.4, 0.5) is 4.79 Å². The number of carbonyl (C=O) groups excluding carboxylic acids is 1. The van der Waals surface area contributed by atoms with Crippen molar-refractivity contribution in [1.29, 1.82) is 0 Å². The molecular formula is C9H15N5O3. The number of carboxylic acid groups (broad SMARTS) is 1. The van der Waals surface area contributed by atoms with Crippen molar-refractivity contribution in [2.75, 3.05) is 6.54 Å². The molecule has 17 heavy (non-hydrogen) atoms. The number of nitrogens with one attached hydrogen (secondary N) is 2. The van der Waals surface area contributed by atoms with Crippen LogP contribution >= 0.6 is 0 Å². The predicted octanol–water partition coefficient (Wildman–Crippen LogP) is -1.37. The van der Waals surface area contributed by atoms with E-state index in [0.717, 1.165) is 0 Å². The second kappa shape index (κ2) is 5.85. The topological polar surface area (TPSA) is 122 Å². The number of nitrogens with two attached hydrogens (primary N) is 1. The number of nitrogens with zero attached hydrogens (tertiary/aromatic N) is 2. The van der Waals surface area contributed by atoms with Crippen molar-refractivity contribution in [2.45, 2.75) is 12.6 Å². The summed E-state index contributed by atoms with van der Waals surface area (Å²) in [6.45, 7) is 0.151. The molecule has 8 nitrogen and oxygen atoms in total. The van der Waals surface area contributed by atoms with Gasteiger partial charge < -0.3 is 26.0 Å². The van der Waals surface area contributed by atoms with E-state index in [4.69, 9.17) is 10.8 Å². The summed E-state index contributed by atoms with van der Waals surface area (Å²) in [7, 11) is 1.82. The number of carbonyl (C=O) groups is 2. The molecule has 0 saturated carbocycles. The second-order valence-corrected chi connectivity index (χ2v) is 3.54. The van der Waals surface area contributed by atoms with Gasteiger partial charge in [-0.05, 0) is 0 Å². The molecule has 0 fully saturated rings. The Kier molecular flexibility index (Phi) is 4.46. The molecule has 94 valence electrons. The Balaban J connectivity index is 2.24. The van der Waals surface area contributed by atoms with E-state index in [-0.39, 0.29) is 13.1 Å².